The molecular weight excluding hydrogens is 645 g/mol. The molecule has 2 N–H and O–H groups in total. The van der Waals surface area contributed by atoms with Crippen LogP contribution in [0.3, 0.4) is 0 Å². The van der Waals surface area contributed by atoms with Crippen molar-refractivity contribution in [1.82, 2.24) is 14.8 Å². The summed E-state index contributed by atoms with van der Waals surface area (Å²) in [7, 11) is 1.87. The lowest BCUT2D eigenvalue weighted by molar-refractivity contribution is -0.139. The van der Waals surface area contributed by atoms with Crippen molar-refractivity contribution < 1.29 is 36.6 Å². The minimum atomic E-state index is -4.81. The zero-order chi connectivity index (χ0) is 36.4. The van der Waals surface area contributed by atoms with Crippen LogP contribution in [0, 0.1) is 43.7 Å². The van der Waals surface area contributed by atoms with Crippen LogP contribution in [0.1, 0.15) is 90.9 Å². The van der Waals surface area contributed by atoms with Gasteiger partial charge in [0.15, 0.2) is 0 Å². The number of alkyl halides is 3. The quantitative estimate of drug-likeness (QED) is 0.175. The molecule has 1 aromatic heterocycles. The largest absolute Gasteiger partial charge is 0.481 e. The first-order valence-corrected chi connectivity index (χ1v) is 16.0. The van der Waals surface area contributed by atoms with Crippen molar-refractivity contribution in [3.05, 3.63) is 91.9 Å². The van der Waals surface area contributed by atoms with E-state index in [-0.39, 0.29) is 29.0 Å². The van der Waals surface area contributed by atoms with Gasteiger partial charge in [-0.05, 0) is 117 Å². The van der Waals surface area contributed by atoms with Gasteiger partial charge in [0, 0.05) is 17.8 Å². The van der Waals surface area contributed by atoms with Gasteiger partial charge in [-0.15, -0.1) is 6.42 Å². The van der Waals surface area contributed by atoms with Gasteiger partial charge in [-0.25, -0.2) is 8.78 Å². The third kappa shape index (κ3) is 8.57. The van der Waals surface area contributed by atoms with E-state index in [0.717, 1.165) is 10.8 Å². The molecule has 1 saturated heterocycles. The molecule has 7 nitrogen and oxygen atoms in total. The fourth-order valence-corrected chi connectivity index (χ4v) is 6.69. The van der Waals surface area contributed by atoms with E-state index in [1.165, 1.54) is 24.3 Å². The number of aliphatic carboxylic acids is 1. The molecule has 2 heterocycles. The number of carbonyl (C=O) groups excluding carboxylic acids is 1. The monoisotopic (exact) mass is 685 g/mol. The number of nitrogens with zero attached hydrogens (tertiary/aromatic N) is 2. The highest BCUT2D eigenvalue weighted by atomic mass is 19.4. The zero-order valence-corrected chi connectivity index (χ0v) is 28.0. The molecule has 0 bridgehead atoms. The van der Waals surface area contributed by atoms with Gasteiger partial charge < -0.3 is 19.9 Å². The Morgan fingerprint density at radius 1 is 1.06 bits per heavy atom. The lowest BCUT2D eigenvalue weighted by Crippen LogP contribution is -2.41. The molecule has 0 aliphatic carbocycles. The van der Waals surface area contributed by atoms with Crippen molar-refractivity contribution in [2.45, 2.75) is 77.6 Å². The SMILES string of the molecule is C#Cc1cc(-c2c(C)cc(F)cc2C)cc([C@@H](CC(=O)O)NC(=O)[C@@H](CC(C)C)n2cc(C3CCN(C)CC3)c(C(F)(F)F)cc2=O)c1F. The van der Waals surface area contributed by atoms with Gasteiger partial charge in [0.1, 0.15) is 17.7 Å². The molecule has 4 rings (SSSR count). The summed E-state index contributed by atoms with van der Waals surface area (Å²) >= 11 is 0. The Morgan fingerprint density at radius 2 is 1.67 bits per heavy atom. The number of aromatic nitrogens is 1. The first kappa shape index (κ1) is 37.3. The number of amides is 1. The number of piperidine rings is 1. The third-order valence-corrected chi connectivity index (χ3v) is 9.02. The number of terminal acetylenes is 1. The van der Waals surface area contributed by atoms with Crippen LogP contribution in [-0.2, 0) is 15.8 Å². The van der Waals surface area contributed by atoms with Gasteiger partial charge in [-0.1, -0.05) is 19.8 Å². The molecule has 262 valence electrons. The Hall–Kier alpha value is -4.50. The molecule has 2 atom stereocenters. The maximum Gasteiger partial charge on any atom is 0.416 e. The molecule has 0 radical (unpaired) electrons. The maximum absolute atomic E-state index is 15.9. The molecule has 0 saturated carbocycles. The van der Waals surface area contributed by atoms with E-state index in [0.29, 0.717) is 54.3 Å². The van der Waals surface area contributed by atoms with Crippen molar-refractivity contribution >= 4 is 11.9 Å². The summed E-state index contributed by atoms with van der Waals surface area (Å²) in [5.41, 5.74) is -0.745. The molecule has 12 heteroatoms. The highest BCUT2D eigenvalue weighted by Gasteiger charge is 2.38. The van der Waals surface area contributed by atoms with E-state index in [9.17, 15) is 37.1 Å². The molecule has 3 aromatic rings. The topological polar surface area (TPSA) is 91.6 Å². The number of halogens is 5. The Morgan fingerprint density at radius 3 is 2.20 bits per heavy atom. The zero-order valence-electron chi connectivity index (χ0n) is 28.0. The first-order valence-electron chi connectivity index (χ1n) is 16.0. The van der Waals surface area contributed by atoms with Crippen molar-refractivity contribution in [3.63, 3.8) is 0 Å². The van der Waals surface area contributed by atoms with E-state index in [4.69, 9.17) is 6.42 Å². The minimum absolute atomic E-state index is 0.00976. The number of pyridine rings is 1. The number of carbonyl (C=O) groups is 2. The highest BCUT2D eigenvalue weighted by molar-refractivity contribution is 5.82. The van der Waals surface area contributed by atoms with Crippen LogP contribution in [0.25, 0.3) is 11.1 Å². The number of carboxylic acids is 1. The van der Waals surface area contributed by atoms with Gasteiger partial charge >= 0.3 is 12.1 Å². The van der Waals surface area contributed by atoms with Gasteiger partial charge in [-0.2, -0.15) is 13.2 Å². The summed E-state index contributed by atoms with van der Waals surface area (Å²) < 4.78 is 73.6. The van der Waals surface area contributed by atoms with E-state index in [1.54, 1.807) is 27.7 Å². The van der Waals surface area contributed by atoms with Crippen LogP contribution in [0.2, 0.25) is 0 Å². The summed E-state index contributed by atoms with van der Waals surface area (Å²) in [4.78, 5) is 41.5. The minimum Gasteiger partial charge on any atom is -0.481 e. The number of aryl methyl sites for hydroxylation is 2. The van der Waals surface area contributed by atoms with Crippen LogP contribution in [-0.4, -0.2) is 46.6 Å². The molecule has 1 amide bonds. The molecule has 1 aliphatic heterocycles. The number of rotatable bonds is 10. The molecule has 0 spiro atoms. The Kier molecular flexibility index (Phi) is 11.4. The number of benzene rings is 2. The lowest BCUT2D eigenvalue weighted by Gasteiger charge is -2.32. The second-order valence-corrected chi connectivity index (χ2v) is 13.3. The summed E-state index contributed by atoms with van der Waals surface area (Å²) in [6.07, 6.45) is 1.98. The van der Waals surface area contributed by atoms with E-state index in [1.807, 2.05) is 11.9 Å². The molecule has 1 aliphatic rings. The van der Waals surface area contributed by atoms with Crippen molar-refractivity contribution in [2.75, 3.05) is 20.1 Å². The Bertz CT molecular complexity index is 1810. The first-order chi connectivity index (χ1) is 22.9. The highest BCUT2D eigenvalue weighted by Crippen LogP contribution is 2.39. The summed E-state index contributed by atoms with van der Waals surface area (Å²) in [5.74, 6) is -2.19. The second-order valence-electron chi connectivity index (χ2n) is 13.3. The van der Waals surface area contributed by atoms with Crippen molar-refractivity contribution in [1.29, 1.82) is 0 Å². The third-order valence-electron chi connectivity index (χ3n) is 9.02. The molecular formula is C37H40F5N3O4. The van der Waals surface area contributed by atoms with E-state index < -0.39 is 65.2 Å². The Labute approximate surface area is 282 Å². The smallest absolute Gasteiger partial charge is 0.416 e. The van der Waals surface area contributed by atoms with Crippen LogP contribution in [0.5, 0.6) is 0 Å². The van der Waals surface area contributed by atoms with Gasteiger partial charge in [0.2, 0.25) is 5.91 Å². The number of hydrogen-bond donors (Lipinski definition) is 2. The predicted molar refractivity (Wildman–Crippen MR) is 176 cm³/mol. The number of nitrogens with one attached hydrogen (secondary N) is 1. The summed E-state index contributed by atoms with van der Waals surface area (Å²) in [5, 5.41) is 12.4. The Balaban J connectivity index is 1.84. The number of hydrogen-bond acceptors (Lipinski definition) is 4. The van der Waals surface area contributed by atoms with E-state index in [2.05, 4.69) is 11.2 Å². The summed E-state index contributed by atoms with van der Waals surface area (Å²) in [6.45, 7) is 7.93. The lowest BCUT2D eigenvalue weighted by atomic mass is 9.87. The predicted octanol–water partition coefficient (Wildman–Crippen LogP) is 7.14. The normalized spacial score (nSPS) is 15.6. The van der Waals surface area contributed by atoms with Crippen LogP contribution >= 0.6 is 0 Å². The number of carboxylic acid groups (broad SMARTS) is 1. The number of likely N-dealkylation sites (tertiary alicyclic amines) is 1. The van der Waals surface area contributed by atoms with Gasteiger partial charge in [0.05, 0.1) is 23.6 Å². The summed E-state index contributed by atoms with van der Waals surface area (Å²) in [6, 6.07) is 2.96. The van der Waals surface area contributed by atoms with Gasteiger partial charge in [-0.3, -0.25) is 14.4 Å². The fourth-order valence-electron chi connectivity index (χ4n) is 6.69. The van der Waals surface area contributed by atoms with Crippen LogP contribution in [0.4, 0.5) is 22.0 Å². The van der Waals surface area contributed by atoms with Crippen molar-refractivity contribution in [2.24, 2.45) is 5.92 Å². The van der Waals surface area contributed by atoms with Crippen LogP contribution in [0.15, 0.2) is 41.3 Å². The molecule has 2 aromatic carbocycles. The fraction of sp³-hybridized carbons (Fsp3) is 0.432. The van der Waals surface area contributed by atoms with E-state index >= 15 is 4.39 Å². The average Bonchev–Trinajstić information content (AvgIpc) is 2.99. The second kappa shape index (κ2) is 14.9. The van der Waals surface area contributed by atoms with Crippen molar-refractivity contribution in [3.8, 4) is 23.5 Å². The molecule has 49 heavy (non-hydrogen) atoms. The maximum atomic E-state index is 15.9. The van der Waals surface area contributed by atoms with Gasteiger partial charge in [0.25, 0.3) is 5.56 Å². The standard InChI is InChI=1S/C37H40F5N3O4/c1-7-23-15-25(34-21(4)13-26(38)14-22(34)5)16-27(35(23)39)30(18-33(47)48)43-36(49)31(12-20(2)3)45-19-28(24-8-10-44(6)11-9-24)29(17-32(45)46)37(40,41)42/h1,13-17,19-20,24,30-31H,8-12,18H2,2-6H3,(H,43,49)(H,47,48)/t30-,31-/m1/s1. The molecule has 1 fully saturated rings. The average molecular weight is 686 g/mol. The molecule has 0 unspecified atom stereocenters. The van der Waals surface area contributed by atoms with Crippen LogP contribution < -0.4 is 10.9 Å².